The Morgan fingerprint density at radius 2 is 1.95 bits per heavy atom. The number of esters is 2. The topological polar surface area (TPSA) is 77.2 Å². The van der Waals surface area contributed by atoms with Crippen molar-refractivity contribution in [1.29, 1.82) is 0 Å². The van der Waals surface area contributed by atoms with Gasteiger partial charge in [-0.25, -0.2) is 9.59 Å². The first-order chi connectivity index (χ1) is 10.3. The molecule has 0 saturated carbocycles. The molecule has 1 fully saturated rings. The van der Waals surface area contributed by atoms with Gasteiger partial charge in [0.1, 0.15) is 0 Å². The average Bonchev–Trinajstić information content (AvgIpc) is 3.21. The molecule has 2 heterocycles. The first-order valence-electron chi connectivity index (χ1n) is 7.53. The second-order valence-electron chi connectivity index (χ2n) is 6.12. The molecular formula is C16H23NO5. The zero-order chi connectivity index (χ0) is 16.3. The van der Waals surface area contributed by atoms with Crippen molar-refractivity contribution in [2.75, 3.05) is 6.61 Å². The maximum absolute atomic E-state index is 12.4. The second-order valence-corrected chi connectivity index (χ2v) is 6.12. The molecule has 0 aromatic carbocycles. The molecule has 0 aromatic heterocycles. The molecule has 0 bridgehead atoms. The molecule has 6 nitrogen and oxygen atoms in total. The summed E-state index contributed by atoms with van der Waals surface area (Å²) in [5.41, 5.74) is -0.620. The molecule has 0 amide bonds. The Morgan fingerprint density at radius 1 is 1.32 bits per heavy atom. The molecule has 2 rings (SSSR count). The third-order valence-electron chi connectivity index (χ3n) is 3.27. The summed E-state index contributed by atoms with van der Waals surface area (Å²) in [5, 5.41) is 3.01. The SMILES string of the molecule is CC(C)OC(=O)C1=CNC(CC2CO2)(C(=O)OC(C)C)C=C1. The first kappa shape index (κ1) is 16.5. The third kappa shape index (κ3) is 4.10. The van der Waals surface area contributed by atoms with Gasteiger partial charge in [-0.05, 0) is 39.8 Å². The van der Waals surface area contributed by atoms with E-state index in [-0.39, 0.29) is 24.3 Å². The van der Waals surface area contributed by atoms with Crippen LogP contribution in [0.4, 0.5) is 0 Å². The zero-order valence-electron chi connectivity index (χ0n) is 13.4. The maximum atomic E-state index is 12.4. The summed E-state index contributed by atoms with van der Waals surface area (Å²) in [6, 6.07) is 0. The van der Waals surface area contributed by atoms with Gasteiger partial charge in [-0.1, -0.05) is 0 Å². The Bertz CT molecular complexity index is 505. The number of rotatable bonds is 6. The van der Waals surface area contributed by atoms with Crippen LogP contribution in [0.3, 0.4) is 0 Å². The highest BCUT2D eigenvalue weighted by atomic mass is 16.6. The standard InChI is InChI=1S/C16H23NO5/c1-10(2)21-14(18)12-5-6-16(17-8-12,7-13-9-20-13)15(19)22-11(3)4/h5-6,8,10-11,13,17H,7,9H2,1-4H3. The molecule has 122 valence electrons. The number of carbonyl (C=O) groups is 2. The van der Waals surface area contributed by atoms with Gasteiger partial charge in [-0.2, -0.15) is 0 Å². The van der Waals surface area contributed by atoms with Crippen LogP contribution in [0.5, 0.6) is 0 Å². The van der Waals surface area contributed by atoms with E-state index in [4.69, 9.17) is 14.2 Å². The molecule has 1 saturated heterocycles. The summed E-state index contributed by atoms with van der Waals surface area (Å²) in [4.78, 5) is 24.3. The summed E-state index contributed by atoms with van der Waals surface area (Å²) in [7, 11) is 0. The van der Waals surface area contributed by atoms with Gasteiger partial charge in [0.05, 0.1) is 30.5 Å². The zero-order valence-corrected chi connectivity index (χ0v) is 13.4. The molecule has 22 heavy (non-hydrogen) atoms. The summed E-state index contributed by atoms with van der Waals surface area (Å²) in [6.45, 7) is 7.80. The van der Waals surface area contributed by atoms with Crippen molar-refractivity contribution in [3.8, 4) is 0 Å². The molecule has 0 radical (unpaired) electrons. The number of carbonyl (C=O) groups excluding carboxylic acids is 2. The Morgan fingerprint density at radius 3 is 2.41 bits per heavy atom. The summed E-state index contributed by atoms with van der Waals surface area (Å²) < 4.78 is 15.7. The van der Waals surface area contributed by atoms with E-state index in [0.717, 1.165) is 0 Å². The maximum Gasteiger partial charge on any atom is 0.339 e. The number of hydrogen-bond donors (Lipinski definition) is 1. The number of hydrogen-bond acceptors (Lipinski definition) is 6. The minimum Gasteiger partial charge on any atom is -0.461 e. The highest BCUT2D eigenvalue weighted by Crippen LogP contribution is 2.28. The van der Waals surface area contributed by atoms with Crippen LogP contribution in [0, 0.1) is 0 Å². The van der Waals surface area contributed by atoms with Crippen LogP contribution in [0.15, 0.2) is 23.9 Å². The van der Waals surface area contributed by atoms with Crippen LogP contribution < -0.4 is 5.32 Å². The van der Waals surface area contributed by atoms with Gasteiger partial charge in [-0.3, -0.25) is 0 Å². The molecule has 0 aliphatic carbocycles. The van der Waals surface area contributed by atoms with E-state index >= 15 is 0 Å². The van der Waals surface area contributed by atoms with E-state index in [1.54, 1.807) is 39.8 Å². The lowest BCUT2D eigenvalue weighted by Crippen LogP contribution is -2.52. The van der Waals surface area contributed by atoms with Crippen molar-refractivity contribution in [2.24, 2.45) is 0 Å². The molecule has 1 N–H and O–H groups in total. The normalized spacial score (nSPS) is 26.5. The highest BCUT2D eigenvalue weighted by Gasteiger charge is 2.44. The van der Waals surface area contributed by atoms with Crippen LogP contribution >= 0.6 is 0 Å². The van der Waals surface area contributed by atoms with Crippen molar-refractivity contribution < 1.29 is 23.8 Å². The third-order valence-corrected chi connectivity index (χ3v) is 3.27. The van der Waals surface area contributed by atoms with Gasteiger partial charge in [0, 0.05) is 12.6 Å². The van der Waals surface area contributed by atoms with Gasteiger partial charge in [-0.15, -0.1) is 0 Å². The van der Waals surface area contributed by atoms with Crippen LogP contribution in [0.1, 0.15) is 34.1 Å². The summed E-state index contributed by atoms with van der Waals surface area (Å²) in [6.07, 6.45) is 4.87. The lowest BCUT2D eigenvalue weighted by molar-refractivity contribution is -0.153. The Balaban J connectivity index is 2.10. The lowest BCUT2D eigenvalue weighted by atomic mass is 9.90. The van der Waals surface area contributed by atoms with Crippen LogP contribution in [0.2, 0.25) is 0 Å². The minimum atomic E-state index is -0.993. The molecule has 2 aliphatic rings. The number of epoxide rings is 1. The molecule has 2 aliphatic heterocycles. The van der Waals surface area contributed by atoms with E-state index in [1.807, 2.05) is 0 Å². The second kappa shape index (κ2) is 6.52. The van der Waals surface area contributed by atoms with E-state index in [0.29, 0.717) is 18.6 Å². The fraction of sp³-hybridized carbons (Fsp3) is 0.625. The van der Waals surface area contributed by atoms with Crippen molar-refractivity contribution in [2.45, 2.75) is 58.0 Å². The molecule has 2 unspecified atom stereocenters. The van der Waals surface area contributed by atoms with Crippen LogP contribution in [0.25, 0.3) is 0 Å². The smallest absolute Gasteiger partial charge is 0.339 e. The summed E-state index contributed by atoms with van der Waals surface area (Å²) >= 11 is 0. The lowest BCUT2D eigenvalue weighted by Gasteiger charge is -2.31. The van der Waals surface area contributed by atoms with Crippen LogP contribution in [-0.4, -0.2) is 42.4 Å². The van der Waals surface area contributed by atoms with Crippen molar-refractivity contribution in [3.63, 3.8) is 0 Å². The van der Waals surface area contributed by atoms with E-state index in [2.05, 4.69) is 5.32 Å². The Kier molecular flexibility index (Phi) is 4.90. The largest absolute Gasteiger partial charge is 0.461 e. The van der Waals surface area contributed by atoms with Crippen molar-refractivity contribution in [1.82, 2.24) is 5.32 Å². The predicted octanol–water partition coefficient (Wildman–Crippen LogP) is 1.46. The fourth-order valence-corrected chi connectivity index (χ4v) is 2.15. The molecule has 0 spiro atoms. The van der Waals surface area contributed by atoms with E-state index in [1.165, 1.54) is 6.20 Å². The first-order valence-corrected chi connectivity index (χ1v) is 7.53. The van der Waals surface area contributed by atoms with Gasteiger partial charge in [0.25, 0.3) is 0 Å². The minimum absolute atomic E-state index is 0.0365. The van der Waals surface area contributed by atoms with E-state index < -0.39 is 11.5 Å². The Labute approximate surface area is 130 Å². The summed E-state index contributed by atoms with van der Waals surface area (Å²) in [5.74, 6) is -0.797. The Hall–Kier alpha value is -1.82. The van der Waals surface area contributed by atoms with Gasteiger partial charge in [0.2, 0.25) is 0 Å². The number of ether oxygens (including phenoxy) is 3. The van der Waals surface area contributed by atoms with Gasteiger partial charge in [0.15, 0.2) is 5.54 Å². The van der Waals surface area contributed by atoms with Crippen molar-refractivity contribution in [3.05, 3.63) is 23.9 Å². The van der Waals surface area contributed by atoms with E-state index in [9.17, 15) is 9.59 Å². The highest BCUT2D eigenvalue weighted by molar-refractivity contribution is 5.93. The molecular weight excluding hydrogens is 286 g/mol. The van der Waals surface area contributed by atoms with Gasteiger partial charge < -0.3 is 19.5 Å². The van der Waals surface area contributed by atoms with Crippen LogP contribution in [-0.2, 0) is 23.8 Å². The molecule has 6 heteroatoms. The number of dihydropyridines is 1. The number of nitrogens with one attached hydrogen (secondary N) is 1. The monoisotopic (exact) mass is 309 g/mol. The fourth-order valence-electron chi connectivity index (χ4n) is 2.15. The molecule has 0 aromatic rings. The molecule has 2 atom stereocenters. The van der Waals surface area contributed by atoms with Crippen molar-refractivity contribution >= 4 is 11.9 Å². The average molecular weight is 309 g/mol. The van der Waals surface area contributed by atoms with Gasteiger partial charge >= 0.3 is 11.9 Å². The predicted molar refractivity (Wildman–Crippen MR) is 79.9 cm³/mol. The quantitative estimate of drug-likeness (QED) is 0.591.